The smallest absolute Gasteiger partial charge is 0.319 e. The number of rotatable bonds is 3. The van der Waals surface area contributed by atoms with Gasteiger partial charge in [-0.3, -0.25) is 14.6 Å². The summed E-state index contributed by atoms with van der Waals surface area (Å²) in [5, 5.41) is 12.1. The highest BCUT2D eigenvalue weighted by molar-refractivity contribution is 5.79. The third-order valence-electron chi connectivity index (χ3n) is 3.13. The molecule has 0 radical (unpaired) electrons. The van der Waals surface area contributed by atoms with Gasteiger partial charge in [0.15, 0.2) is 0 Å². The highest BCUT2D eigenvalue weighted by Crippen LogP contribution is 2.27. The predicted molar refractivity (Wildman–Crippen MR) is 52.9 cm³/mol. The van der Waals surface area contributed by atoms with E-state index in [2.05, 4.69) is 0 Å². The lowest BCUT2D eigenvalue weighted by atomic mass is 10.2. The Morgan fingerprint density at radius 1 is 1.40 bits per heavy atom. The molecular formula is C10H16N2O3. The van der Waals surface area contributed by atoms with Crippen LogP contribution in [-0.4, -0.2) is 46.1 Å². The molecule has 1 saturated carbocycles. The standard InChI is InChI=1S/C10H16N2O3/c13-9-5-6-11(7-10(14)15)12(9)8-3-1-2-4-8/h8H,1-7H2,(H,14,15). The van der Waals surface area contributed by atoms with E-state index in [1.807, 2.05) is 0 Å². The Kier molecular flexibility index (Phi) is 2.90. The van der Waals surface area contributed by atoms with Crippen LogP contribution >= 0.6 is 0 Å². The molecule has 1 aliphatic carbocycles. The van der Waals surface area contributed by atoms with Crippen molar-refractivity contribution in [3.8, 4) is 0 Å². The van der Waals surface area contributed by atoms with E-state index in [9.17, 15) is 9.59 Å². The van der Waals surface area contributed by atoms with Crippen LogP contribution < -0.4 is 0 Å². The van der Waals surface area contributed by atoms with Crippen LogP contribution in [0.3, 0.4) is 0 Å². The average Bonchev–Trinajstić information content (AvgIpc) is 2.74. The molecule has 0 aromatic heterocycles. The third kappa shape index (κ3) is 2.12. The van der Waals surface area contributed by atoms with Gasteiger partial charge >= 0.3 is 5.97 Å². The van der Waals surface area contributed by atoms with Gasteiger partial charge in [-0.25, -0.2) is 5.01 Å². The maximum Gasteiger partial charge on any atom is 0.319 e. The minimum Gasteiger partial charge on any atom is -0.480 e. The number of aliphatic carboxylic acids is 1. The monoisotopic (exact) mass is 212 g/mol. The molecule has 0 atom stereocenters. The first-order valence-electron chi connectivity index (χ1n) is 5.47. The second kappa shape index (κ2) is 4.18. The van der Waals surface area contributed by atoms with Gasteiger partial charge in [0.05, 0.1) is 0 Å². The number of hydrogen-bond acceptors (Lipinski definition) is 3. The summed E-state index contributed by atoms with van der Waals surface area (Å²) >= 11 is 0. The van der Waals surface area contributed by atoms with Crippen LogP contribution in [0.1, 0.15) is 32.1 Å². The Balaban J connectivity index is 2.03. The summed E-state index contributed by atoms with van der Waals surface area (Å²) < 4.78 is 0. The molecule has 1 aliphatic heterocycles. The van der Waals surface area contributed by atoms with Crippen molar-refractivity contribution in [2.24, 2.45) is 0 Å². The van der Waals surface area contributed by atoms with Gasteiger partial charge in [-0.2, -0.15) is 0 Å². The zero-order valence-electron chi connectivity index (χ0n) is 8.69. The van der Waals surface area contributed by atoms with Crippen LogP contribution in [0.2, 0.25) is 0 Å². The Morgan fingerprint density at radius 3 is 2.67 bits per heavy atom. The van der Waals surface area contributed by atoms with E-state index in [4.69, 9.17) is 5.11 Å². The van der Waals surface area contributed by atoms with Crippen molar-refractivity contribution in [1.82, 2.24) is 10.0 Å². The number of hydrazine groups is 1. The second-order valence-corrected chi connectivity index (χ2v) is 4.21. The molecule has 1 N–H and O–H groups in total. The second-order valence-electron chi connectivity index (χ2n) is 4.21. The number of carboxylic acids is 1. The summed E-state index contributed by atoms with van der Waals surface area (Å²) in [7, 11) is 0. The van der Waals surface area contributed by atoms with Gasteiger partial charge in [0.1, 0.15) is 6.54 Å². The fourth-order valence-electron chi connectivity index (χ4n) is 2.50. The van der Waals surface area contributed by atoms with Gasteiger partial charge in [-0.1, -0.05) is 12.8 Å². The molecule has 0 aromatic rings. The van der Waals surface area contributed by atoms with Gasteiger partial charge in [-0.05, 0) is 12.8 Å². The molecular weight excluding hydrogens is 196 g/mol. The molecule has 0 spiro atoms. The normalized spacial score (nSPS) is 24.0. The minimum absolute atomic E-state index is 0.0533. The van der Waals surface area contributed by atoms with E-state index in [0.717, 1.165) is 25.7 Å². The van der Waals surface area contributed by atoms with Crippen LogP contribution in [0.5, 0.6) is 0 Å². The molecule has 84 valence electrons. The molecule has 2 fully saturated rings. The van der Waals surface area contributed by atoms with Crippen molar-refractivity contribution < 1.29 is 14.7 Å². The Labute approximate surface area is 88.6 Å². The lowest BCUT2D eigenvalue weighted by Gasteiger charge is -2.31. The van der Waals surface area contributed by atoms with Crippen LogP contribution in [0.25, 0.3) is 0 Å². The number of hydrogen-bond donors (Lipinski definition) is 1. The number of carbonyl (C=O) groups excluding carboxylic acids is 1. The van der Waals surface area contributed by atoms with Gasteiger partial charge in [0.25, 0.3) is 0 Å². The van der Waals surface area contributed by atoms with Crippen molar-refractivity contribution in [3.05, 3.63) is 0 Å². The largest absolute Gasteiger partial charge is 0.480 e. The quantitative estimate of drug-likeness (QED) is 0.738. The fourth-order valence-corrected chi connectivity index (χ4v) is 2.50. The molecule has 0 bridgehead atoms. The number of carbonyl (C=O) groups is 2. The lowest BCUT2D eigenvalue weighted by molar-refractivity contribution is -0.150. The highest BCUT2D eigenvalue weighted by Gasteiger charge is 2.36. The van der Waals surface area contributed by atoms with E-state index in [1.54, 1.807) is 10.0 Å². The highest BCUT2D eigenvalue weighted by atomic mass is 16.4. The first-order chi connectivity index (χ1) is 7.18. The number of nitrogens with zero attached hydrogens (tertiary/aromatic N) is 2. The average molecular weight is 212 g/mol. The van der Waals surface area contributed by atoms with Gasteiger partial charge < -0.3 is 5.11 Å². The molecule has 1 amide bonds. The summed E-state index contributed by atoms with van der Waals surface area (Å²) in [6, 6.07) is 0.249. The maximum absolute atomic E-state index is 11.6. The fraction of sp³-hybridized carbons (Fsp3) is 0.800. The molecule has 5 nitrogen and oxygen atoms in total. The Hall–Kier alpha value is -1.10. The maximum atomic E-state index is 11.6. The molecule has 5 heteroatoms. The third-order valence-corrected chi connectivity index (χ3v) is 3.13. The van der Waals surface area contributed by atoms with Crippen molar-refractivity contribution >= 4 is 11.9 Å². The summed E-state index contributed by atoms with van der Waals surface area (Å²) in [5.41, 5.74) is 0. The molecule has 15 heavy (non-hydrogen) atoms. The van der Waals surface area contributed by atoms with Crippen LogP contribution in [0.4, 0.5) is 0 Å². The molecule has 2 rings (SSSR count). The zero-order valence-corrected chi connectivity index (χ0v) is 8.69. The molecule has 0 unspecified atom stereocenters. The lowest BCUT2D eigenvalue weighted by Crippen LogP contribution is -2.47. The first-order valence-corrected chi connectivity index (χ1v) is 5.47. The summed E-state index contributed by atoms with van der Waals surface area (Å²) in [6.07, 6.45) is 4.79. The first kappa shape index (κ1) is 10.4. The predicted octanol–water partition coefficient (Wildman–Crippen LogP) is 0.463. The minimum atomic E-state index is -0.868. The van der Waals surface area contributed by atoms with Gasteiger partial charge in [0, 0.05) is 19.0 Å². The summed E-state index contributed by atoms with van der Waals surface area (Å²) in [5.74, 6) is -0.782. The van der Waals surface area contributed by atoms with E-state index in [1.165, 1.54) is 0 Å². The zero-order chi connectivity index (χ0) is 10.8. The number of carboxylic acid groups (broad SMARTS) is 1. The van der Waals surface area contributed by atoms with Crippen molar-refractivity contribution in [2.75, 3.05) is 13.1 Å². The molecule has 1 heterocycles. The van der Waals surface area contributed by atoms with Crippen LogP contribution in [0.15, 0.2) is 0 Å². The Bertz CT molecular complexity index is 274. The molecule has 2 aliphatic rings. The van der Waals surface area contributed by atoms with Crippen LogP contribution in [-0.2, 0) is 9.59 Å². The van der Waals surface area contributed by atoms with Crippen molar-refractivity contribution in [2.45, 2.75) is 38.1 Å². The van der Waals surface area contributed by atoms with E-state index in [-0.39, 0.29) is 18.5 Å². The molecule has 1 saturated heterocycles. The van der Waals surface area contributed by atoms with Gasteiger partial charge in [0.2, 0.25) is 5.91 Å². The Morgan fingerprint density at radius 2 is 2.07 bits per heavy atom. The summed E-state index contributed by atoms with van der Waals surface area (Å²) in [4.78, 5) is 22.3. The van der Waals surface area contributed by atoms with E-state index < -0.39 is 5.97 Å². The SMILES string of the molecule is O=C(O)CN1CCC(=O)N1C1CCCC1. The number of amides is 1. The summed E-state index contributed by atoms with van der Waals surface area (Å²) in [6.45, 7) is 0.504. The van der Waals surface area contributed by atoms with Crippen molar-refractivity contribution in [1.29, 1.82) is 0 Å². The van der Waals surface area contributed by atoms with E-state index in [0.29, 0.717) is 13.0 Å². The van der Waals surface area contributed by atoms with Crippen LogP contribution in [0, 0.1) is 0 Å². The topological polar surface area (TPSA) is 60.9 Å². The molecule has 0 aromatic carbocycles. The van der Waals surface area contributed by atoms with Gasteiger partial charge in [-0.15, -0.1) is 0 Å². The van der Waals surface area contributed by atoms with Crippen molar-refractivity contribution in [3.63, 3.8) is 0 Å². The van der Waals surface area contributed by atoms with E-state index >= 15 is 0 Å².